The zero-order valence-electron chi connectivity index (χ0n) is 48.2. The van der Waals surface area contributed by atoms with Gasteiger partial charge in [0.25, 0.3) is 0 Å². The van der Waals surface area contributed by atoms with Gasteiger partial charge in [0.15, 0.2) is 0 Å². The second-order valence-electron chi connectivity index (χ2n) is 22.8. The van der Waals surface area contributed by atoms with E-state index in [1.165, 1.54) is 225 Å². The lowest BCUT2D eigenvalue weighted by Gasteiger charge is -2.26. The summed E-state index contributed by atoms with van der Waals surface area (Å²) in [6.45, 7) is 4.90. The minimum atomic E-state index is -4.33. The van der Waals surface area contributed by atoms with Crippen LogP contribution in [0.2, 0.25) is 0 Å². The van der Waals surface area contributed by atoms with E-state index >= 15 is 0 Å². The number of aliphatic hydroxyl groups excluding tert-OH is 1. The Kier molecular flexibility index (Phi) is 53.0. The summed E-state index contributed by atoms with van der Waals surface area (Å²) in [5.74, 6) is -0.154. The lowest BCUT2D eigenvalue weighted by molar-refractivity contribution is -0.870. The van der Waals surface area contributed by atoms with Crippen molar-refractivity contribution in [2.75, 3.05) is 40.9 Å². The molecule has 0 aliphatic rings. The minimum absolute atomic E-state index is 0.0729. The molecule has 0 aromatic heterocycles. The molecule has 0 spiro atoms. The van der Waals surface area contributed by atoms with Gasteiger partial charge in [-0.1, -0.05) is 289 Å². The van der Waals surface area contributed by atoms with Crippen molar-refractivity contribution in [2.24, 2.45) is 0 Å². The number of phosphoric acid groups is 1. The lowest BCUT2D eigenvalue weighted by Crippen LogP contribution is -2.46. The van der Waals surface area contributed by atoms with E-state index in [1.807, 2.05) is 21.1 Å². The molecule has 0 aromatic carbocycles. The van der Waals surface area contributed by atoms with Crippen LogP contribution >= 0.6 is 7.82 Å². The predicted molar refractivity (Wildman–Crippen MR) is 309 cm³/mol. The maximum absolute atomic E-state index is 13.0. The summed E-state index contributed by atoms with van der Waals surface area (Å²) in [5, 5.41) is 14.1. The van der Waals surface area contributed by atoms with Crippen LogP contribution in [-0.4, -0.2) is 73.4 Å². The average molecular weight is 1020 g/mol. The molecular weight excluding hydrogens is 900 g/mol. The Morgan fingerprint density at radius 3 is 1.17 bits per heavy atom. The zero-order valence-corrected chi connectivity index (χ0v) is 49.1. The normalized spacial score (nSPS) is 14.0. The zero-order chi connectivity index (χ0) is 52.0. The number of allylic oxidation sites excluding steroid dienone is 4. The molecule has 71 heavy (non-hydrogen) atoms. The number of carbonyl (C=O) groups is 1. The van der Waals surface area contributed by atoms with Crippen molar-refractivity contribution in [1.29, 1.82) is 0 Å². The van der Waals surface area contributed by atoms with E-state index in [-0.39, 0.29) is 19.1 Å². The average Bonchev–Trinajstić information content (AvgIpc) is 3.33. The van der Waals surface area contributed by atoms with Crippen LogP contribution < -0.4 is 5.32 Å². The van der Waals surface area contributed by atoms with E-state index in [4.69, 9.17) is 9.05 Å². The highest BCUT2D eigenvalue weighted by Gasteiger charge is 2.28. The molecule has 3 atom stereocenters. The second-order valence-corrected chi connectivity index (χ2v) is 24.2. The SMILES string of the molecule is CCCCCC/C=C\C/C=C\CCCCCCCC(=O)NC(COP(=O)(O)OCC[N+](C)(C)C)C(O)CCCCCCCCCCCCCCCCCCCCCCCCCCCCCCCCCCC. The molecule has 422 valence electrons. The Morgan fingerprint density at radius 1 is 0.479 bits per heavy atom. The predicted octanol–water partition coefficient (Wildman–Crippen LogP) is 19.2. The fraction of sp³-hybridized carbons (Fsp3) is 0.919. The van der Waals surface area contributed by atoms with Crippen molar-refractivity contribution in [3.05, 3.63) is 24.3 Å². The van der Waals surface area contributed by atoms with E-state index in [1.54, 1.807) is 0 Å². The fourth-order valence-electron chi connectivity index (χ4n) is 9.55. The third kappa shape index (κ3) is 56.5. The smallest absolute Gasteiger partial charge is 0.391 e. The summed E-state index contributed by atoms with van der Waals surface area (Å²) in [4.78, 5) is 23.3. The molecule has 0 aliphatic carbocycles. The molecule has 0 aromatic rings. The Bertz CT molecular complexity index is 1210. The van der Waals surface area contributed by atoms with Gasteiger partial charge in [-0.15, -0.1) is 0 Å². The van der Waals surface area contributed by atoms with E-state index < -0.39 is 20.0 Å². The van der Waals surface area contributed by atoms with Gasteiger partial charge in [0.2, 0.25) is 5.91 Å². The van der Waals surface area contributed by atoms with Crippen LogP contribution in [0, 0.1) is 0 Å². The second kappa shape index (κ2) is 53.8. The third-order valence-electron chi connectivity index (χ3n) is 14.5. The van der Waals surface area contributed by atoms with E-state index in [9.17, 15) is 19.4 Å². The molecule has 0 aliphatic heterocycles. The highest BCUT2D eigenvalue weighted by molar-refractivity contribution is 7.47. The molecule has 9 heteroatoms. The molecule has 0 fully saturated rings. The first kappa shape index (κ1) is 70.0. The van der Waals surface area contributed by atoms with Crippen LogP contribution in [0.5, 0.6) is 0 Å². The van der Waals surface area contributed by atoms with Crippen molar-refractivity contribution < 1.29 is 32.9 Å². The Morgan fingerprint density at radius 2 is 0.803 bits per heavy atom. The van der Waals surface area contributed by atoms with Crippen LogP contribution in [0.1, 0.15) is 316 Å². The summed E-state index contributed by atoms with van der Waals surface area (Å²) < 4.78 is 23.8. The summed E-state index contributed by atoms with van der Waals surface area (Å²) in [6, 6.07) is -0.768. The Hall–Kier alpha value is -1.02. The first-order valence-electron chi connectivity index (χ1n) is 31.2. The van der Waals surface area contributed by atoms with E-state index in [0.717, 1.165) is 64.2 Å². The molecule has 0 saturated carbocycles. The van der Waals surface area contributed by atoms with Gasteiger partial charge in [-0.2, -0.15) is 0 Å². The first-order valence-corrected chi connectivity index (χ1v) is 32.7. The van der Waals surface area contributed by atoms with Gasteiger partial charge in [0.1, 0.15) is 13.2 Å². The highest BCUT2D eigenvalue weighted by Crippen LogP contribution is 2.43. The monoisotopic (exact) mass is 1020 g/mol. The van der Waals surface area contributed by atoms with Crippen LogP contribution in [-0.2, 0) is 18.4 Å². The van der Waals surface area contributed by atoms with E-state index in [0.29, 0.717) is 23.9 Å². The van der Waals surface area contributed by atoms with Crippen molar-refractivity contribution in [1.82, 2.24) is 5.32 Å². The standard InChI is InChI=1S/C62H123N2O6P/c1-6-8-10-12-14-16-18-20-22-24-25-26-27-28-29-30-31-32-33-34-35-36-37-38-39-40-41-43-45-47-49-51-53-55-61(65)60(59-70-71(67,68)69-58-57-64(3,4)5)63-62(66)56-54-52-50-48-46-44-42-23-21-19-17-15-13-11-9-7-2/h17,19,23,42,60-61,65H,6-16,18,20-22,24-41,43-59H2,1-5H3,(H-,63,66,67,68)/p+1/b19-17-,42-23-. The summed E-state index contributed by atoms with van der Waals surface area (Å²) in [5.41, 5.74) is 0. The molecule has 3 N–H and O–H groups in total. The number of rotatable bonds is 58. The number of quaternary nitrogens is 1. The topological polar surface area (TPSA) is 105 Å². The third-order valence-corrected chi connectivity index (χ3v) is 15.4. The number of unbranched alkanes of at least 4 members (excludes halogenated alkanes) is 41. The number of nitrogens with zero attached hydrogens (tertiary/aromatic N) is 1. The van der Waals surface area contributed by atoms with Crippen LogP contribution in [0.15, 0.2) is 24.3 Å². The van der Waals surface area contributed by atoms with Crippen LogP contribution in [0.3, 0.4) is 0 Å². The Labute approximate surface area is 443 Å². The quantitative estimate of drug-likeness (QED) is 0.0243. The van der Waals surface area contributed by atoms with Gasteiger partial charge >= 0.3 is 7.82 Å². The lowest BCUT2D eigenvalue weighted by atomic mass is 10.0. The van der Waals surface area contributed by atoms with Gasteiger partial charge in [0.05, 0.1) is 39.9 Å². The van der Waals surface area contributed by atoms with Gasteiger partial charge in [0, 0.05) is 6.42 Å². The molecule has 3 unspecified atom stereocenters. The first-order chi connectivity index (χ1) is 34.5. The van der Waals surface area contributed by atoms with Gasteiger partial charge in [-0.25, -0.2) is 4.57 Å². The highest BCUT2D eigenvalue weighted by atomic mass is 31.2. The van der Waals surface area contributed by atoms with E-state index in [2.05, 4.69) is 43.5 Å². The fourth-order valence-corrected chi connectivity index (χ4v) is 10.3. The van der Waals surface area contributed by atoms with Gasteiger partial charge < -0.3 is 19.8 Å². The van der Waals surface area contributed by atoms with Crippen molar-refractivity contribution >= 4 is 13.7 Å². The van der Waals surface area contributed by atoms with Gasteiger partial charge in [-0.3, -0.25) is 13.8 Å². The molecule has 0 radical (unpaired) electrons. The number of carbonyl (C=O) groups excluding carboxylic acids is 1. The van der Waals surface area contributed by atoms with Crippen LogP contribution in [0.4, 0.5) is 0 Å². The number of hydrogen-bond donors (Lipinski definition) is 3. The molecule has 1 amide bonds. The number of amides is 1. The van der Waals surface area contributed by atoms with Crippen molar-refractivity contribution in [3.8, 4) is 0 Å². The summed E-state index contributed by atoms with van der Waals surface area (Å²) >= 11 is 0. The summed E-state index contributed by atoms with van der Waals surface area (Å²) in [7, 11) is 1.62. The van der Waals surface area contributed by atoms with Gasteiger partial charge in [-0.05, 0) is 44.9 Å². The maximum atomic E-state index is 13.0. The number of hydrogen-bond acceptors (Lipinski definition) is 5. The molecule has 0 saturated heterocycles. The maximum Gasteiger partial charge on any atom is 0.472 e. The van der Waals surface area contributed by atoms with Crippen molar-refractivity contribution in [2.45, 2.75) is 328 Å². The largest absolute Gasteiger partial charge is 0.472 e. The minimum Gasteiger partial charge on any atom is -0.391 e. The molecule has 0 rings (SSSR count). The number of likely N-dealkylation sites (N-methyl/N-ethyl adjacent to an activating group) is 1. The van der Waals surface area contributed by atoms with Crippen LogP contribution in [0.25, 0.3) is 0 Å². The Balaban J connectivity index is 3.99. The molecule has 8 nitrogen and oxygen atoms in total. The number of aliphatic hydroxyl groups is 1. The summed E-state index contributed by atoms with van der Waals surface area (Å²) in [6.07, 6.45) is 68.4. The number of phosphoric ester groups is 1. The molecular formula is C62H124N2O6P+. The number of nitrogens with one attached hydrogen (secondary N) is 1. The van der Waals surface area contributed by atoms with Crippen molar-refractivity contribution in [3.63, 3.8) is 0 Å². The molecule has 0 bridgehead atoms. The molecule has 0 heterocycles.